The van der Waals surface area contributed by atoms with E-state index in [-0.39, 0.29) is 0 Å². The number of carboxylic acids is 1. The largest absolute Gasteiger partial charge is 0.497 e. The maximum Gasteiger partial charge on any atom is 0.330 e. The lowest BCUT2D eigenvalue weighted by Crippen LogP contribution is -2.71. The molecule has 21 heavy (non-hydrogen) atoms. The van der Waals surface area contributed by atoms with Crippen molar-refractivity contribution in [3.05, 3.63) is 24.3 Å². The topological polar surface area (TPSA) is 117 Å². The minimum Gasteiger partial charge on any atom is -0.497 e. The number of amides is 3. The van der Waals surface area contributed by atoms with E-state index in [2.05, 4.69) is 26.6 Å². The Balaban J connectivity index is 2.29. The highest BCUT2D eigenvalue weighted by molar-refractivity contribution is 9.10. The Labute approximate surface area is 128 Å². The molecule has 4 N–H and O–H groups in total. The van der Waals surface area contributed by atoms with Crippen molar-refractivity contribution in [1.29, 1.82) is 0 Å². The molecule has 2 atom stereocenters. The number of halogens is 1. The van der Waals surface area contributed by atoms with Gasteiger partial charge >= 0.3 is 12.0 Å². The van der Waals surface area contributed by atoms with E-state index in [0.717, 1.165) is 0 Å². The molecule has 0 aliphatic carbocycles. The zero-order chi connectivity index (χ0) is 15.6. The van der Waals surface area contributed by atoms with Crippen molar-refractivity contribution in [3.63, 3.8) is 0 Å². The van der Waals surface area contributed by atoms with E-state index < -0.39 is 28.4 Å². The molecule has 0 aromatic heterocycles. The average Bonchev–Trinajstić information content (AvgIpc) is 2.43. The first-order valence-corrected chi connectivity index (χ1v) is 6.62. The van der Waals surface area contributed by atoms with Crippen molar-refractivity contribution in [1.82, 2.24) is 10.6 Å². The Kier molecular flexibility index (Phi) is 4.03. The zero-order valence-corrected chi connectivity index (χ0v) is 12.4. The number of benzene rings is 1. The van der Waals surface area contributed by atoms with Crippen LogP contribution in [0.3, 0.4) is 0 Å². The lowest BCUT2D eigenvalue weighted by atomic mass is 10.0. The Morgan fingerprint density at radius 2 is 2.00 bits per heavy atom. The number of urea groups is 1. The van der Waals surface area contributed by atoms with Gasteiger partial charge in [0.2, 0.25) is 4.45 Å². The number of carboxylic acid groups (broad SMARTS) is 1. The van der Waals surface area contributed by atoms with Gasteiger partial charge in [0.1, 0.15) is 5.75 Å². The first kappa shape index (κ1) is 15.1. The van der Waals surface area contributed by atoms with Crippen molar-refractivity contribution < 1.29 is 24.2 Å². The summed E-state index contributed by atoms with van der Waals surface area (Å²) in [4.78, 5) is 34.5. The van der Waals surface area contributed by atoms with Crippen LogP contribution in [0.4, 0.5) is 10.5 Å². The van der Waals surface area contributed by atoms with E-state index in [9.17, 15) is 19.5 Å². The highest BCUT2D eigenvalue weighted by Crippen LogP contribution is 2.29. The smallest absolute Gasteiger partial charge is 0.330 e. The number of hydrogen-bond donors (Lipinski definition) is 4. The number of alkyl halides is 1. The molecule has 0 spiro atoms. The number of ether oxygens (including phenoxy) is 1. The third kappa shape index (κ3) is 2.92. The number of imide groups is 1. The van der Waals surface area contributed by atoms with E-state index in [1.807, 2.05) is 5.32 Å². The second kappa shape index (κ2) is 5.60. The van der Waals surface area contributed by atoms with Gasteiger partial charge in [0, 0.05) is 5.69 Å². The lowest BCUT2D eigenvalue weighted by Gasteiger charge is -2.37. The molecule has 9 heteroatoms. The van der Waals surface area contributed by atoms with Gasteiger partial charge in [0.25, 0.3) is 5.91 Å². The van der Waals surface area contributed by atoms with Gasteiger partial charge in [-0.05, 0) is 40.2 Å². The fourth-order valence-electron chi connectivity index (χ4n) is 1.84. The SMILES string of the molecule is COc1ccc(NC2(Br)C(=O)NC(=O)NC2C(=O)O)cc1. The molecule has 0 bridgehead atoms. The van der Waals surface area contributed by atoms with Crippen molar-refractivity contribution in [3.8, 4) is 5.75 Å². The second-order valence-corrected chi connectivity index (χ2v) is 5.51. The molecule has 8 nitrogen and oxygen atoms in total. The molecule has 0 saturated carbocycles. The van der Waals surface area contributed by atoms with Gasteiger partial charge in [0.05, 0.1) is 7.11 Å². The molecular formula is C12H12BrN3O5. The highest BCUT2D eigenvalue weighted by Gasteiger charge is 2.52. The number of rotatable bonds is 4. The Morgan fingerprint density at radius 3 is 2.52 bits per heavy atom. The lowest BCUT2D eigenvalue weighted by molar-refractivity contribution is -0.142. The molecule has 2 rings (SSSR count). The predicted molar refractivity (Wildman–Crippen MR) is 76.4 cm³/mol. The average molecular weight is 358 g/mol. The maximum atomic E-state index is 12.0. The molecule has 2 unspecified atom stereocenters. The van der Waals surface area contributed by atoms with Crippen LogP contribution in [0.5, 0.6) is 5.75 Å². The number of carbonyl (C=O) groups excluding carboxylic acids is 2. The van der Waals surface area contributed by atoms with E-state index >= 15 is 0 Å². The molecule has 1 fully saturated rings. The summed E-state index contributed by atoms with van der Waals surface area (Å²) in [5.74, 6) is -1.54. The number of anilines is 1. The van der Waals surface area contributed by atoms with E-state index in [1.165, 1.54) is 7.11 Å². The third-order valence-electron chi connectivity index (χ3n) is 2.89. The summed E-state index contributed by atoms with van der Waals surface area (Å²) in [7, 11) is 1.51. The van der Waals surface area contributed by atoms with Crippen LogP contribution in [0.25, 0.3) is 0 Å². The standard InChI is InChI=1S/C12H12BrN3O5/c1-21-7-4-2-6(3-5-7)16-12(13)8(9(17)18)14-11(20)15-10(12)19/h2-5,8,16H,1H3,(H,17,18)(H2,14,15,19,20). The van der Waals surface area contributed by atoms with Crippen LogP contribution < -0.4 is 20.7 Å². The summed E-state index contributed by atoms with van der Waals surface area (Å²) in [6, 6.07) is 4.19. The van der Waals surface area contributed by atoms with Crippen molar-refractivity contribution in [2.45, 2.75) is 10.5 Å². The molecule has 1 aromatic rings. The number of nitrogens with one attached hydrogen (secondary N) is 3. The fraction of sp³-hybridized carbons (Fsp3) is 0.250. The summed E-state index contributed by atoms with van der Waals surface area (Å²) in [6.07, 6.45) is 0. The maximum absolute atomic E-state index is 12.0. The molecule has 3 amide bonds. The van der Waals surface area contributed by atoms with Crippen LogP contribution in [0.1, 0.15) is 0 Å². The van der Waals surface area contributed by atoms with Crippen molar-refractivity contribution in [2.75, 3.05) is 12.4 Å². The first-order chi connectivity index (χ1) is 9.86. The van der Waals surface area contributed by atoms with Crippen molar-refractivity contribution in [2.24, 2.45) is 0 Å². The molecule has 1 aliphatic rings. The van der Waals surface area contributed by atoms with Crippen LogP contribution >= 0.6 is 15.9 Å². The quantitative estimate of drug-likeness (QED) is 0.460. The molecule has 0 radical (unpaired) electrons. The van der Waals surface area contributed by atoms with E-state index in [1.54, 1.807) is 24.3 Å². The minimum absolute atomic E-state index is 0.477. The summed E-state index contributed by atoms with van der Waals surface area (Å²) in [5.41, 5.74) is 0.477. The van der Waals surface area contributed by atoms with E-state index in [0.29, 0.717) is 11.4 Å². The Hall–Kier alpha value is -2.29. The van der Waals surface area contributed by atoms with Crippen LogP contribution in [0, 0.1) is 0 Å². The van der Waals surface area contributed by atoms with Gasteiger partial charge in [0.15, 0.2) is 6.04 Å². The second-order valence-electron chi connectivity index (χ2n) is 4.26. The third-order valence-corrected chi connectivity index (χ3v) is 3.91. The Morgan fingerprint density at radius 1 is 1.38 bits per heavy atom. The molecule has 1 aromatic carbocycles. The van der Waals surface area contributed by atoms with E-state index in [4.69, 9.17) is 4.74 Å². The molecule has 1 heterocycles. The van der Waals surface area contributed by atoms with Crippen LogP contribution in [0.2, 0.25) is 0 Å². The minimum atomic E-state index is -1.71. The number of hydrogen-bond acceptors (Lipinski definition) is 5. The molecule has 1 saturated heterocycles. The highest BCUT2D eigenvalue weighted by atomic mass is 79.9. The van der Waals surface area contributed by atoms with Gasteiger partial charge in [-0.3, -0.25) is 10.1 Å². The monoisotopic (exact) mass is 357 g/mol. The number of aliphatic carboxylic acids is 1. The first-order valence-electron chi connectivity index (χ1n) is 5.82. The van der Waals surface area contributed by atoms with Gasteiger partial charge in [-0.1, -0.05) is 0 Å². The summed E-state index contributed by atoms with van der Waals surface area (Å²) in [6.45, 7) is 0. The van der Waals surface area contributed by atoms with Crippen molar-refractivity contribution >= 4 is 39.5 Å². The predicted octanol–water partition coefficient (Wildman–Crippen LogP) is 0.491. The Bertz CT molecular complexity index is 591. The van der Waals surface area contributed by atoms with Crippen LogP contribution in [0.15, 0.2) is 24.3 Å². The van der Waals surface area contributed by atoms with Crippen LogP contribution in [-0.2, 0) is 9.59 Å². The van der Waals surface area contributed by atoms with Gasteiger partial charge in [-0.25, -0.2) is 9.59 Å². The number of carbonyl (C=O) groups is 3. The molecular weight excluding hydrogens is 346 g/mol. The van der Waals surface area contributed by atoms with Crippen LogP contribution in [-0.4, -0.2) is 40.6 Å². The van der Waals surface area contributed by atoms with Gasteiger partial charge in [-0.2, -0.15) is 0 Å². The summed E-state index contributed by atoms with van der Waals surface area (Å²) >= 11 is 3.08. The summed E-state index contributed by atoms with van der Waals surface area (Å²) < 4.78 is 3.30. The molecule has 1 aliphatic heterocycles. The van der Waals surface area contributed by atoms with Gasteiger partial charge in [-0.15, -0.1) is 0 Å². The molecule has 112 valence electrons. The zero-order valence-electron chi connectivity index (χ0n) is 10.8. The fourth-order valence-corrected chi connectivity index (χ4v) is 2.48. The number of methoxy groups -OCH3 is 1. The summed E-state index contributed by atoms with van der Waals surface area (Å²) in [5, 5.41) is 16.1. The normalized spacial score (nSPS) is 24.8. The van der Waals surface area contributed by atoms with Gasteiger partial charge < -0.3 is 20.5 Å².